The lowest BCUT2D eigenvalue weighted by atomic mass is 9.84. The summed E-state index contributed by atoms with van der Waals surface area (Å²) < 4.78 is 0. The van der Waals surface area contributed by atoms with Crippen molar-refractivity contribution in [3.05, 3.63) is 225 Å². The summed E-state index contributed by atoms with van der Waals surface area (Å²) in [5.74, 6) is 0. The number of rotatable bonds is 7. The van der Waals surface area contributed by atoms with Gasteiger partial charge in [0.1, 0.15) is 0 Å². The first-order chi connectivity index (χ1) is 29.3. The Hall–Kier alpha value is -7.88. The maximum absolute atomic E-state index is 4.51. The molecule has 0 radical (unpaired) electrons. The average Bonchev–Trinajstić information content (AvgIpc) is 3.31. The monoisotopic (exact) mass is 751 g/mol. The van der Waals surface area contributed by atoms with Crippen LogP contribution in [0, 0.1) is 0 Å². The van der Waals surface area contributed by atoms with Crippen molar-refractivity contribution in [2.75, 3.05) is 4.90 Å². The Kier molecular flexibility index (Phi) is 8.49. The maximum Gasteiger partial charge on any atom is 0.0555 e. The molecule has 0 bridgehead atoms. The molecule has 59 heavy (non-hydrogen) atoms. The highest BCUT2D eigenvalue weighted by Gasteiger charge is 2.19. The summed E-state index contributed by atoms with van der Waals surface area (Å²) in [5, 5.41) is 9.79. The minimum absolute atomic E-state index is 1.07. The van der Waals surface area contributed by atoms with Crippen LogP contribution in [0.3, 0.4) is 0 Å². The highest BCUT2D eigenvalue weighted by Crippen LogP contribution is 2.46. The van der Waals surface area contributed by atoms with Crippen molar-refractivity contribution in [3.63, 3.8) is 0 Å². The number of anilines is 3. The summed E-state index contributed by atoms with van der Waals surface area (Å²) in [6.07, 6.45) is 7.52. The first kappa shape index (κ1) is 34.4. The molecule has 0 aliphatic carbocycles. The summed E-state index contributed by atoms with van der Waals surface area (Å²) in [6.45, 7) is 0. The SMILES string of the molecule is c1cncc(-c2ccc(N(c3ccc(-c4ccc(-c5c6ccccc6c(-c6cccc7ccccc67)c6ccccc56)cc4)cc3)c3cccc4ccncc34)cc2)c1. The van der Waals surface area contributed by atoms with Crippen LogP contribution in [0.4, 0.5) is 17.1 Å². The van der Waals surface area contributed by atoms with E-state index in [1.165, 1.54) is 60.1 Å². The fourth-order valence-corrected chi connectivity index (χ4v) is 8.86. The van der Waals surface area contributed by atoms with Gasteiger partial charge in [0.15, 0.2) is 0 Å². The Bertz CT molecular complexity index is 3230. The summed E-state index contributed by atoms with van der Waals surface area (Å²) in [5.41, 5.74) is 12.8. The zero-order chi connectivity index (χ0) is 39.1. The van der Waals surface area contributed by atoms with Gasteiger partial charge >= 0.3 is 0 Å². The van der Waals surface area contributed by atoms with Crippen LogP contribution in [-0.4, -0.2) is 9.97 Å². The minimum Gasteiger partial charge on any atom is -0.310 e. The normalized spacial score (nSPS) is 11.4. The standard InChI is InChI=1S/C56H37N3/c1-2-14-47-41(10-1)11-7-19-48(47)56-51-17-5-3-15-49(51)55(50-16-4-6-18-52(50)56)43-23-21-38(22-24-43)39-25-29-45(30-26-39)59(54-20-8-12-42-33-35-58-37-53(42)54)46-31-27-40(28-32-46)44-13-9-34-57-36-44/h1-37H. The van der Waals surface area contributed by atoms with Crippen LogP contribution in [0.2, 0.25) is 0 Å². The molecule has 0 aliphatic rings. The minimum atomic E-state index is 1.07. The van der Waals surface area contributed by atoms with Gasteiger partial charge in [-0.3, -0.25) is 9.97 Å². The van der Waals surface area contributed by atoms with Crippen molar-refractivity contribution in [1.29, 1.82) is 0 Å². The van der Waals surface area contributed by atoms with E-state index in [0.717, 1.165) is 44.5 Å². The van der Waals surface area contributed by atoms with Crippen molar-refractivity contribution in [1.82, 2.24) is 9.97 Å². The van der Waals surface area contributed by atoms with E-state index in [4.69, 9.17) is 0 Å². The zero-order valence-electron chi connectivity index (χ0n) is 32.2. The van der Waals surface area contributed by atoms with Crippen LogP contribution in [0.25, 0.3) is 87.6 Å². The average molecular weight is 752 g/mol. The second-order valence-electron chi connectivity index (χ2n) is 15.0. The molecule has 3 nitrogen and oxygen atoms in total. The molecular weight excluding hydrogens is 715 g/mol. The second kappa shape index (κ2) is 14.6. The molecule has 0 saturated heterocycles. The lowest BCUT2D eigenvalue weighted by molar-refractivity contribution is 1.28. The van der Waals surface area contributed by atoms with Crippen LogP contribution in [-0.2, 0) is 0 Å². The summed E-state index contributed by atoms with van der Waals surface area (Å²) in [7, 11) is 0. The Morgan fingerprint density at radius 1 is 0.288 bits per heavy atom. The molecule has 0 amide bonds. The summed E-state index contributed by atoms with van der Waals surface area (Å²) in [6, 6.07) is 72.4. The molecule has 0 atom stereocenters. The first-order valence-electron chi connectivity index (χ1n) is 20.0. The summed E-state index contributed by atoms with van der Waals surface area (Å²) in [4.78, 5) is 11.2. The van der Waals surface area contributed by atoms with Crippen LogP contribution in [0.5, 0.6) is 0 Å². The number of fused-ring (bicyclic) bond motifs is 4. The molecule has 0 spiro atoms. The first-order valence-corrected chi connectivity index (χ1v) is 20.0. The number of benzene rings is 9. The lowest BCUT2D eigenvalue weighted by Gasteiger charge is -2.27. The molecule has 0 fully saturated rings. The third-order valence-electron chi connectivity index (χ3n) is 11.6. The molecule has 0 saturated carbocycles. The molecule has 276 valence electrons. The van der Waals surface area contributed by atoms with Gasteiger partial charge in [0.05, 0.1) is 5.69 Å². The highest BCUT2D eigenvalue weighted by molar-refractivity contribution is 6.23. The molecular formula is C56H37N3. The molecule has 0 aliphatic heterocycles. The van der Waals surface area contributed by atoms with Gasteiger partial charge in [-0.2, -0.15) is 0 Å². The van der Waals surface area contributed by atoms with Crippen molar-refractivity contribution in [3.8, 4) is 44.5 Å². The molecule has 3 heteroatoms. The molecule has 9 aromatic carbocycles. The molecule has 0 N–H and O–H groups in total. The number of pyridine rings is 2. The molecule has 2 aromatic heterocycles. The van der Waals surface area contributed by atoms with E-state index in [1.807, 2.05) is 30.9 Å². The number of aromatic nitrogens is 2. The zero-order valence-corrected chi connectivity index (χ0v) is 32.2. The van der Waals surface area contributed by atoms with Crippen molar-refractivity contribution < 1.29 is 0 Å². The van der Waals surface area contributed by atoms with Gasteiger partial charge in [-0.05, 0) is 125 Å². The Balaban J connectivity index is 0.982. The van der Waals surface area contributed by atoms with Gasteiger partial charge in [0, 0.05) is 41.5 Å². The smallest absolute Gasteiger partial charge is 0.0555 e. The molecule has 11 aromatic rings. The van der Waals surface area contributed by atoms with Gasteiger partial charge in [0.25, 0.3) is 0 Å². The van der Waals surface area contributed by atoms with Crippen LogP contribution in [0.15, 0.2) is 225 Å². The van der Waals surface area contributed by atoms with Crippen molar-refractivity contribution >= 4 is 60.2 Å². The highest BCUT2D eigenvalue weighted by atomic mass is 15.1. The van der Waals surface area contributed by atoms with Crippen LogP contribution >= 0.6 is 0 Å². The Morgan fingerprint density at radius 2 is 0.780 bits per heavy atom. The maximum atomic E-state index is 4.51. The van der Waals surface area contributed by atoms with E-state index in [1.54, 1.807) is 0 Å². The van der Waals surface area contributed by atoms with E-state index in [0.29, 0.717) is 0 Å². The fourth-order valence-electron chi connectivity index (χ4n) is 8.86. The Labute approximate surface area is 343 Å². The Morgan fingerprint density at radius 3 is 1.41 bits per heavy atom. The van der Waals surface area contributed by atoms with Gasteiger partial charge in [-0.1, -0.05) is 158 Å². The van der Waals surface area contributed by atoms with E-state index < -0.39 is 0 Å². The van der Waals surface area contributed by atoms with Crippen molar-refractivity contribution in [2.24, 2.45) is 0 Å². The third kappa shape index (κ3) is 6.08. The van der Waals surface area contributed by atoms with Crippen LogP contribution in [0.1, 0.15) is 0 Å². The molecule has 11 rings (SSSR count). The van der Waals surface area contributed by atoms with Gasteiger partial charge < -0.3 is 4.90 Å². The van der Waals surface area contributed by atoms with E-state index in [-0.39, 0.29) is 0 Å². The molecule has 2 heterocycles. The van der Waals surface area contributed by atoms with E-state index >= 15 is 0 Å². The quantitative estimate of drug-likeness (QED) is 0.152. The topological polar surface area (TPSA) is 29.0 Å². The largest absolute Gasteiger partial charge is 0.310 e. The van der Waals surface area contributed by atoms with Gasteiger partial charge in [-0.25, -0.2) is 0 Å². The fraction of sp³-hybridized carbons (Fsp3) is 0. The van der Waals surface area contributed by atoms with Gasteiger partial charge in [-0.15, -0.1) is 0 Å². The third-order valence-corrected chi connectivity index (χ3v) is 11.6. The second-order valence-corrected chi connectivity index (χ2v) is 15.0. The number of nitrogens with zero attached hydrogens (tertiary/aromatic N) is 3. The molecule has 0 unspecified atom stereocenters. The van der Waals surface area contributed by atoms with Crippen LogP contribution < -0.4 is 4.90 Å². The van der Waals surface area contributed by atoms with E-state index in [9.17, 15) is 0 Å². The summed E-state index contributed by atoms with van der Waals surface area (Å²) >= 11 is 0. The number of hydrogen-bond acceptors (Lipinski definition) is 3. The van der Waals surface area contributed by atoms with Crippen molar-refractivity contribution in [2.45, 2.75) is 0 Å². The van der Waals surface area contributed by atoms with E-state index in [2.05, 4.69) is 209 Å². The van der Waals surface area contributed by atoms with Gasteiger partial charge in [0.2, 0.25) is 0 Å². The number of hydrogen-bond donors (Lipinski definition) is 0. The lowest BCUT2D eigenvalue weighted by Crippen LogP contribution is -2.10. The predicted octanol–water partition coefficient (Wildman–Crippen LogP) is 15.2. The predicted molar refractivity (Wildman–Crippen MR) is 248 cm³/mol.